The van der Waals surface area contributed by atoms with E-state index in [0.29, 0.717) is 0 Å². The van der Waals surface area contributed by atoms with Crippen molar-refractivity contribution in [2.45, 2.75) is 31.9 Å². The molecular weight excluding hydrogens is 269 g/mol. The van der Waals surface area contributed by atoms with Crippen LogP contribution in [0.1, 0.15) is 25.7 Å². The smallest absolute Gasteiger partial charge is 0.338 e. The molecule has 3 nitrogen and oxygen atoms in total. The lowest BCUT2D eigenvalue weighted by Crippen LogP contribution is -2.39. The molecule has 3 aliphatic rings. The van der Waals surface area contributed by atoms with E-state index < -0.39 is 11.7 Å². The van der Waals surface area contributed by atoms with E-state index in [1.807, 2.05) is 0 Å². The molecule has 1 atom stereocenters. The Kier molecular flexibility index (Phi) is 3.31. The lowest BCUT2D eigenvalue weighted by Gasteiger charge is -2.29. The Morgan fingerprint density at radius 3 is 2.60 bits per heavy atom. The predicted octanol–water partition coefficient (Wildman–Crippen LogP) is 2.10. The minimum absolute atomic E-state index is 0.0467. The Labute approximate surface area is 116 Å². The van der Waals surface area contributed by atoms with Crippen molar-refractivity contribution < 1.29 is 18.0 Å². The topological polar surface area (TPSA) is 32.3 Å². The number of amides is 1. The van der Waals surface area contributed by atoms with Gasteiger partial charge in [-0.2, -0.15) is 13.2 Å². The minimum Gasteiger partial charge on any atom is -0.338 e. The summed E-state index contributed by atoms with van der Waals surface area (Å²) in [4.78, 5) is 14.0. The summed E-state index contributed by atoms with van der Waals surface area (Å²) >= 11 is 0. The van der Waals surface area contributed by atoms with E-state index in [2.05, 4.69) is 5.32 Å². The third-order valence-electron chi connectivity index (χ3n) is 4.97. The van der Waals surface area contributed by atoms with E-state index in [1.165, 1.54) is 6.08 Å². The van der Waals surface area contributed by atoms with Crippen LogP contribution in [0.5, 0.6) is 0 Å². The van der Waals surface area contributed by atoms with Crippen LogP contribution in [0, 0.1) is 11.3 Å². The molecule has 0 bridgehead atoms. The van der Waals surface area contributed by atoms with Crippen LogP contribution >= 0.6 is 0 Å². The van der Waals surface area contributed by atoms with Gasteiger partial charge >= 0.3 is 6.18 Å². The normalized spacial score (nSPS) is 29.2. The molecule has 0 aromatic heterocycles. The highest BCUT2D eigenvalue weighted by molar-refractivity contribution is 5.83. The van der Waals surface area contributed by atoms with Crippen LogP contribution in [0.4, 0.5) is 13.2 Å². The van der Waals surface area contributed by atoms with Gasteiger partial charge in [-0.1, -0.05) is 6.08 Å². The lowest BCUT2D eigenvalue weighted by atomic mass is 9.91. The number of piperidine rings is 1. The molecule has 6 heteroatoms. The largest absolute Gasteiger partial charge is 0.412 e. The third-order valence-corrected chi connectivity index (χ3v) is 4.97. The maximum absolute atomic E-state index is 12.5. The number of alkyl halides is 3. The van der Waals surface area contributed by atoms with Gasteiger partial charge in [0.25, 0.3) is 0 Å². The van der Waals surface area contributed by atoms with Gasteiger partial charge < -0.3 is 10.2 Å². The maximum Gasteiger partial charge on any atom is 0.412 e. The Bertz CT molecular complexity index is 438. The Balaban J connectivity index is 1.59. The number of rotatable bonds is 1. The van der Waals surface area contributed by atoms with Crippen LogP contribution in [0.15, 0.2) is 11.6 Å². The second-order valence-electron chi connectivity index (χ2n) is 6.13. The maximum atomic E-state index is 12.5. The van der Waals surface area contributed by atoms with E-state index in [1.54, 1.807) is 4.90 Å². The Morgan fingerprint density at radius 1 is 1.35 bits per heavy atom. The summed E-state index contributed by atoms with van der Waals surface area (Å²) in [5.41, 5.74) is -0.343. The summed E-state index contributed by atoms with van der Waals surface area (Å²) in [5, 5.41) is 3.28. The zero-order chi connectivity index (χ0) is 14.4. The van der Waals surface area contributed by atoms with Crippen molar-refractivity contribution >= 4 is 5.91 Å². The van der Waals surface area contributed by atoms with Crippen molar-refractivity contribution in [3.8, 4) is 0 Å². The fourth-order valence-corrected chi connectivity index (χ4v) is 3.52. The molecule has 2 aliphatic heterocycles. The van der Waals surface area contributed by atoms with E-state index in [-0.39, 0.29) is 36.8 Å². The lowest BCUT2D eigenvalue weighted by molar-refractivity contribution is -0.134. The van der Waals surface area contributed by atoms with Crippen LogP contribution in [0.25, 0.3) is 0 Å². The quantitative estimate of drug-likeness (QED) is 0.749. The van der Waals surface area contributed by atoms with Gasteiger partial charge in [0, 0.05) is 24.6 Å². The number of nitrogens with one attached hydrogen (secondary N) is 1. The molecule has 1 N–H and O–H groups in total. The molecule has 112 valence electrons. The highest BCUT2D eigenvalue weighted by Gasteiger charge is 2.58. The first-order chi connectivity index (χ1) is 9.42. The fraction of sp³-hybridized carbons (Fsp3) is 0.786. The highest BCUT2D eigenvalue weighted by Crippen LogP contribution is 2.59. The molecule has 0 radical (unpaired) electrons. The molecule has 2 fully saturated rings. The van der Waals surface area contributed by atoms with E-state index in [0.717, 1.165) is 32.4 Å². The first-order valence-electron chi connectivity index (χ1n) is 7.18. The van der Waals surface area contributed by atoms with Gasteiger partial charge in [0.15, 0.2) is 0 Å². The first-order valence-corrected chi connectivity index (χ1v) is 7.18. The average Bonchev–Trinajstić information content (AvgIpc) is 3.11. The van der Waals surface area contributed by atoms with Gasteiger partial charge in [0.2, 0.25) is 5.91 Å². The number of carbonyl (C=O) groups is 1. The molecular formula is C14H19F3N2O. The molecule has 20 heavy (non-hydrogen) atoms. The second-order valence-corrected chi connectivity index (χ2v) is 6.13. The van der Waals surface area contributed by atoms with Gasteiger partial charge in [-0.05, 0) is 44.2 Å². The zero-order valence-electron chi connectivity index (χ0n) is 11.3. The van der Waals surface area contributed by atoms with Gasteiger partial charge in [-0.15, -0.1) is 0 Å². The summed E-state index contributed by atoms with van der Waals surface area (Å²) in [6.45, 7) is 2.21. The van der Waals surface area contributed by atoms with Crippen molar-refractivity contribution in [2.24, 2.45) is 11.3 Å². The standard InChI is InChI=1S/C14H19F3N2O/c15-14(16,17)10-1-7-19(8-2-10)12(20)11-9-13(11)3-5-18-6-4-13/h1,11,18H,2-9H2. The Morgan fingerprint density at radius 2 is 2.05 bits per heavy atom. The SMILES string of the molecule is O=C(C1CC12CCNCC2)N1CC=C(C(F)(F)F)CC1. The van der Waals surface area contributed by atoms with E-state index >= 15 is 0 Å². The monoisotopic (exact) mass is 288 g/mol. The number of hydrogen-bond donors (Lipinski definition) is 1. The second kappa shape index (κ2) is 4.76. The molecule has 1 saturated carbocycles. The van der Waals surface area contributed by atoms with Crippen LogP contribution in [0.2, 0.25) is 0 Å². The molecule has 0 aromatic rings. The van der Waals surface area contributed by atoms with Crippen molar-refractivity contribution in [1.29, 1.82) is 0 Å². The van der Waals surface area contributed by atoms with Gasteiger partial charge in [0.1, 0.15) is 0 Å². The summed E-state index contributed by atoms with van der Waals surface area (Å²) < 4.78 is 37.6. The molecule has 3 rings (SSSR count). The number of hydrogen-bond acceptors (Lipinski definition) is 2. The summed E-state index contributed by atoms with van der Waals surface area (Å²) in [6, 6.07) is 0. The first kappa shape index (κ1) is 13.9. The fourth-order valence-electron chi connectivity index (χ4n) is 3.52. The molecule has 1 unspecified atom stereocenters. The van der Waals surface area contributed by atoms with Crippen LogP contribution in [-0.4, -0.2) is 43.2 Å². The summed E-state index contributed by atoms with van der Waals surface area (Å²) in [5.74, 6) is 0.106. The average molecular weight is 288 g/mol. The van der Waals surface area contributed by atoms with Gasteiger partial charge in [-0.3, -0.25) is 4.79 Å². The van der Waals surface area contributed by atoms with Crippen molar-refractivity contribution in [3.63, 3.8) is 0 Å². The van der Waals surface area contributed by atoms with Crippen molar-refractivity contribution in [2.75, 3.05) is 26.2 Å². The molecule has 1 aliphatic carbocycles. The van der Waals surface area contributed by atoms with Crippen LogP contribution in [-0.2, 0) is 4.79 Å². The zero-order valence-corrected chi connectivity index (χ0v) is 11.3. The van der Waals surface area contributed by atoms with Crippen LogP contribution in [0.3, 0.4) is 0 Å². The Hall–Kier alpha value is -1.04. The molecule has 2 heterocycles. The number of carbonyl (C=O) groups excluding carboxylic acids is 1. The van der Waals surface area contributed by atoms with Gasteiger partial charge in [0.05, 0.1) is 0 Å². The molecule has 1 saturated heterocycles. The van der Waals surface area contributed by atoms with Crippen LogP contribution < -0.4 is 5.32 Å². The number of halogens is 3. The minimum atomic E-state index is -4.25. The molecule has 0 aromatic carbocycles. The van der Waals surface area contributed by atoms with Crippen molar-refractivity contribution in [3.05, 3.63) is 11.6 Å². The molecule has 1 amide bonds. The summed E-state index contributed by atoms with van der Waals surface area (Å²) in [6.07, 6.45) is -0.206. The van der Waals surface area contributed by atoms with Crippen molar-refractivity contribution in [1.82, 2.24) is 10.2 Å². The number of nitrogens with zero attached hydrogens (tertiary/aromatic N) is 1. The van der Waals surface area contributed by atoms with E-state index in [4.69, 9.17) is 0 Å². The van der Waals surface area contributed by atoms with E-state index in [9.17, 15) is 18.0 Å². The van der Waals surface area contributed by atoms with Gasteiger partial charge in [-0.25, -0.2) is 0 Å². The highest BCUT2D eigenvalue weighted by atomic mass is 19.4. The molecule has 1 spiro atoms. The third kappa shape index (κ3) is 2.45. The predicted molar refractivity (Wildman–Crippen MR) is 68.0 cm³/mol. The summed E-state index contributed by atoms with van der Waals surface area (Å²) in [7, 11) is 0.